The third-order valence-electron chi connectivity index (χ3n) is 1.82. The standard InChI is InChI=1S/C11H16ClN3O3/c1-11(2,3)18-10(17)15-5-8(16)7-4-14-9(12)6-13-7/h4,6,8,16H,5H2,1-3H3,(H,15,17). The van der Waals surface area contributed by atoms with Crippen molar-refractivity contribution in [2.45, 2.75) is 32.5 Å². The molecule has 0 aliphatic heterocycles. The molecule has 0 aromatic carbocycles. The Morgan fingerprint density at radius 3 is 2.67 bits per heavy atom. The Kier molecular flexibility index (Phi) is 4.86. The summed E-state index contributed by atoms with van der Waals surface area (Å²) in [7, 11) is 0. The average Bonchev–Trinajstić information content (AvgIpc) is 2.24. The highest BCUT2D eigenvalue weighted by Gasteiger charge is 2.17. The fraction of sp³-hybridized carbons (Fsp3) is 0.545. The number of nitrogens with one attached hydrogen (secondary N) is 1. The molecule has 1 aromatic rings. The van der Waals surface area contributed by atoms with Gasteiger partial charge in [0.15, 0.2) is 0 Å². The van der Waals surface area contributed by atoms with Crippen LogP contribution in [0.4, 0.5) is 4.79 Å². The summed E-state index contributed by atoms with van der Waals surface area (Å²) in [5, 5.41) is 12.4. The number of hydrogen-bond donors (Lipinski definition) is 2. The number of aliphatic hydroxyl groups excluding tert-OH is 1. The van der Waals surface area contributed by atoms with Crippen LogP contribution in [0.25, 0.3) is 0 Å². The summed E-state index contributed by atoms with van der Waals surface area (Å²) >= 11 is 5.57. The Hall–Kier alpha value is -1.40. The first kappa shape index (κ1) is 14.7. The maximum atomic E-state index is 11.3. The number of carbonyl (C=O) groups is 1. The number of rotatable bonds is 3. The van der Waals surface area contributed by atoms with Crippen molar-refractivity contribution in [2.75, 3.05) is 6.54 Å². The molecule has 0 saturated carbocycles. The van der Waals surface area contributed by atoms with Crippen LogP contribution in [0.1, 0.15) is 32.6 Å². The van der Waals surface area contributed by atoms with Crippen LogP contribution in [0.15, 0.2) is 12.4 Å². The van der Waals surface area contributed by atoms with E-state index >= 15 is 0 Å². The molecule has 1 amide bonds. The van der Waals surface area contributed by atoms with Crippen molar-refractivity contribution in [1.82, 2.24) is 15.3 Å². The zero-order valence-electron chi connectivity index (χ0n) is 10.5. The molecule has 1 rings (SSSR count). The molecule has 0 aliphatic carbocycles. The van der Waals surface area contributed by atoms with Gasteiger partial charge in [-0.2, -0.15) is 0 Å². The topological polar surface area (TPSA) is 84.3 Å². The largest absolute Gasteiger partial charge is 0.444 e. The van der Waals surface area contributed by atoms with Gasteiger partial charge in [0, 0.05) is 0 Å². The maximum Gasteiger partial charge on any atom is 0.407 e. The SMILES string of the molecule is CC(C)(C)OC(=O)NCC(O)c1cnc(Cl)cn1. The number of amides is 1. The molecule has 7 heteroatoms. The summed E-state index contributed by atoms with van der Waals surface area (Å²) < 4.78 is 5.02. The van der Waals surface area contributed by atoms with Crippen LogP contribution in [0.5, 0.6) is 0 Å². The van der Waals surface area contributed by atoms with E-state index in [0.717, 1.165) is 0 Å². The predicted octanol–water partition coefficient (Wildman–Crippen LogP) is 1.69. The van der Waals surface area contributed by atoms with Crippen LogP contribution >= 0.6 is 11.6 Å². The predicted molar refractivity (Wildman–Crippen MR) is 66.2 cm³/mol. The van der Waals surface area contributed by atoms with Crippen molar-refractivity contribution in [3.8, 4) is 0 Å². The number of hydrogen-bond acceptors (Lipinski definition) is 5. The van der Waals surface area contributed by atoms with E-state index in [0.29, 0.717) is 5.69 Å². The number of carbonyl (C=O) groups excluding carboxylic acids is 1. The third-order valence-corrected chi connectivity index (χ3v) is 2.02. The highest BCUT2D eigenvalue weighted by Crippen LogP contribution is 2.10. The molecule has 0 saturated heterocycles. The van der Waals surface area contributed by atoms with Gasteiger partial charge in [0.05, 0.1) is 24.6 Å². The first-order valence-electron chi connectivity index (χ1n) is 5.40. The van der Waals surface area contributed by atoms with Crippen LogP contribution in [-0.2, 0) is 4.74 Å². The molecule has 6 nitrogen and oxygen atoms in total. The molecule has 0 bridgehead atoms. The molecule has 0 radical (unpaired) electrons. The fourth-order valence-electron chi connectivity index (χ4n) is 1.09. The first-order chi connectivity index (χ1) is 8.28. The number of aliphatic hydroxyl groups is 1. The maximum absolute atomic E-state index is 11.3. The molecule has 0 spiro atoms. The van der Waals surface area contributed by atoms with Crippen LogP contribution < -0.4 is 5.32 Å². The van der Waals surface area contributed by atoms with Gasteiger partial charge in [0.1, 0.15) is 16.9 Å². The molecular formula is C11H16ClN3O3. The van der Waals surface area contributed by atoms with E-state index in [-0.39, 0.29) is 11.7 Å². The lowest BCUT2D eigenvalue weighted by Crippen LogP contribution is -2.35. The van der Waals surface area contributed by atoms with Crippen molar-refractivity contribution in [3.05, 3.63) is 23.2 Å². The normalized spacial score (nSPS) is 12.9. The Morgan fingerprint density at radius 1 is 1.50 bits per heavy atom. The number of alkyl carbamates (subject to hydrolysis) is 1. The fourth-order valence-corrected chi connectivity index (χ4v) is 1.19. The Morgan fingerprint density at radius 2 is 2.17 bits per heavy atom. The van der Waals surface area contributed by atoms with E-state index in [9.17, 15) is 9.90 Å². The van der Waals surface area contributed by atoms with E-state index < -0.39 is 17.8 Å². The zero-order chi connectivity index (χ0) is 13.8. The van der Waals surface area contributed by atoms with E-state index in [1.165, 1.54) is 12.4 Å². The summed E-state index contributed by atoms with van der Waals surface area (Å²) in [6.45, 7) is 5.26. The monoisotopic (exact) mass is 273 g/mol. The summed E-state index contributed by atoms with van der Waals surface area (Å²) in [6.07, 6.45) is 1.13. The summed E-state index contributed by atoms with van der Waals surface area (Å²) in [5.74, 6) is 0. The van der Waals surface area contributed by atoms with E-state index in [1.54, 1.807) is 20.8 Å². The Balaban J connectivity index is 2.44. The molecule has 0 aliphatic rings. The van der Waals surface area contributed by atoms with Gasteiger partial charge < -0.3 is 15.2 Å². The van der Waals surface area contributed by atoms with Crippen LogP contribution in [0.2, 0.25) is 5.15 Å². The summed E-state index contributed by atoms with van der Waals surface area (Å²) in [5.41, 5.74) is -0.245. The molecular weight excluding hydrogens is 258 g/mol. The number of nitrogens with zero attached hydrogens (tertiary/aromatic N) is 2. The summed E-state index contributed by atoms with van der Waals surface area (Å²) in [6, 6.07) is 0. The van der Waals surface area contributed by atoms with Gasteiger partial charge >= 0.3 is 6.09 Å². The Bertz CT molecular complexity index is 403. The van der Waals surface area contributed by atoms with Crippen LogP contribution in [0, 0.1) is 0 Å². The molecule has 100 valence electrons. The van der Waals surface area contributed by atoms with Crippen LogP contribution in [0.3, 0.4) is 0 Å². The van der Waals surface area contributed by atoms with E-state index in [1.807, 2.05) is 0 Å². The number of ether oxygens (including phenoxy) is 1. The second-order valence-electron chi connectivity index (χ2n) is 4.66. The van der Waals surface area contributed by atoms with Gasteiger partial charge in [-0.1, -0.05) is 11.6 Å². The number of halogens is 1. The third kappa shape index (κ3) is 5.29. The molecule has 1 atom stereocenters. The first-order valence-corrected chi connectivity index (χ1v) is 5.78. The van der Waals surface area contributed by atoms with Crippen molar-refractivity contribution in [3.63, 3.8) is 0 Å². The van der Waals surface area contributed by atoms with Crippen molar-refractivity contribution >= 4 is 17.7 Å². The second kappa shape index (κ2) is 5.97. The van der Waals surface area contributed by atoms with E-state index in [2.05, 4.69) is 15.3 Å². The average molecular weight is 274 g/mol. The lowest BCUT2D eigenvalue weighted by molar-refractivity contribution is 0.0490. The quantitative estimate of drug-likeness (QED) is 0.875. The second-order valence-corrected chi connectivity index (χ2v) is 5.05. The lowest BCUT2D eigenvalue weighted by Gasteiger charge is -2.20. The molecule has 0 fully saturated rings. The minimum atomic E-state index is -0.956. The zero-order valence-corrected chi connectivity index (χ0v) is 11.2. The lowest BCUT2D eigenvalue weighted by atomic mass is 10.2. The van der Waals surface area contributed by atoms with Gasteiger partial charge in [-0.25, -0.2) is 9.78 Å². The minimum Gasteiger partial charge on any atom is -0.444 e. The molecule has 1 unspecified atom stereocenters. The smallest absolute Gasteiger partial charge is 0.407 e. The van der Waals surface area contributed by atoms with Gasteiger partial charge in [0.2, 0.25) is 0 Å². The van der Waals surface area contributed by atoms with Crippen LogP contribution in [-0.4, -0.2) is 33.3 Å². The molecule has 1 aromatic heterocycles. The highest BCUT2D eigenvalue weighted by atomic mass is 35.5. The minimum absolute atomic E-state index is 0.00870. The van der Waals surface area contributed by atoms with Gasteiger partial charge in [-0.05, 0) is 20.8 Å². The van der Waals surface area contributed by atoms with E-state index in [4.69, 9.17) is 16.3 Å². The number of aromatic nitrogens is 2. The van der Waals surface area contributed by atoms with Gasteiger partial charge in [-0.3, -0.25) is 4.98 Å². The van der Waals surface area contributed by atoms with Crippen molar-refractivity contribution < 1.29 is 14.6 Å². The molecule has 1 heterocycles. The van der Waals surface area contributed by atoms with Gasteiger partial charge in [-0.15, -0.1) is 0 Å². The summed E-state index contributed by atoms with van der Waals surface area (Å²) in [4.78, 5) is 19.0. The van der Waals surface area contributed by atoms with Crippen molar-refractivity contribution in [2.24, 2.45) is 0 Å². The van der Waals surface area contributed by atoms with Crippen molar-refractivity contribution in [1.29, 1.82) is 0 Å². The van der Waals surface area contributed by atoms with Gasteiger partial charge in [0.25, 0.3) is 0 Å². The highest BCUT2D eigenvalue weighted by molar-refractivity contribution is 6.29. The molecule has 2 N–H and O–H groups in total. The Labute approximate surface area is 110 Å². The molecule has 18 heavy (non-hydrogen) atoms.